The third-order valence-corrected chi connectivity index (χ3v) is 3.63. The Morgan fingerprint density at radius 2 is 2.05 bits per heavy atom. The van der Waals surface area contributed by atoms with E-state index in [1.807, 2.05) is 12.1 Å². The zero-order chi connectivity index (χ0) is 13.9. The van der Waals surface area contributed by atoms with Crippen LogP contribution in [0.2, 0.25) is 0 Å². The van der Waals surface area contributed by atoms with Crippen molar-refractivity contribution in [1.82, 2.24) is 0 Å². The highest BCUT2D eigenvalue weighted by Gasteiger charge is 2.54. The molecule has 0 spiro atoms. The second-order valence-electron chi connectivity index (χ2n) is 4.81. The largest absolute Gasteiger partial charge is 0.468 e. The van der Waals surface area contributed by atoms with Crippen LogP contribution in [-0.2, 0) is 26.1 Å². The fourth-order valence-electron chi connectivity index (χ4n) is 2.32. The maximum atomic E-state index is 12.0. The Morgan fingerprint density at radius 1 is 1.32 bits per heavy atom. The molecule has 19 heavy (non-hydrogen) atoms. The van der Waals surface area contributed by atoms with E-state index in [0.29, 0.717) is 5.75 Å². The molecule has 0 saturated heterocycles. The van der Waals surface area contributed by atoms with Gasteiger partial charge >= 0.3 is 5.97 Å². The lowest BCUT2D eigenvalue weighted by Crippen LogP contribution is -2.23. The average molecular weight is 264 g/mol. The van der Waals surface area contributed by atoms with Gasteiger partial charge in [-0.3, -0.25) is 4.79 Å². The maximum absolute atomic E-state index is 12.0. The van der Waals surface area contributed by atoms with E-state index in [1.165, 1.54) is 12.7 Å². The van der Waals surface area contributed by atoms with E-state index in [1.54, 1.807) is 7.11 Å². The number of carbonyl (C=O) groups is 1. The topological polar surface area (TPSA) is 44.8 Å². The van der Waals surface area contributed by atoms with Gasteiger partial charge in [0.25, 0.3) is 0 Å². The molecule has 1 fully saturated rings. The van der Waals surface area contributed by atoms with Crippen LogP contribution in [0.3, 0.4) is 0 Å². The van der Waals surface area contributed by atoms with Crippen LogP contribution < -0.4 is 4.74 Å². The first-order valence-electron chi connectivity index (χ1n) is 6.51. The summed E-state index contributed by atoms with van der Waals surface area (Å²) in [4.78, 5) is 12.0. The Morgan fingerprint density at radius 3 is 2.58 bits per heavy atom. The Kier molecular flexibility index (Phi) is 4.10. The van der Waals surface area contributed by atoms with Crippen LogP contribution in [0.5, 0.6) is 5.75 Å². The monoisotopic (exact) mass is 264 g/mol. The highest BCUT2D eigenvalue weighted by Crippen LogP contribution is 2.52. The van der Waals surface area contributed by atoms with Crippen LogP contribution in [0.25, 0.3) is 0 Å². The molecule has 0 aromatic heterocycles. The van der Waals surface area contributed by atoms with Gasteiger partial charge in [-0.25, -0.2) is 0 Å². The molecule has 4 nitrogen and oxygen atoms in total. The number of aryl methyl sites for hydroxylation is 1. The first kappa shape index (κ1) is 13.9. The highest BCUT2D eigenvalue weighted by molar-refractivity contribution is 5.87. The van der Waals surface area contributed by atoms with Crippen molar-refractivity contribution >= 4 is 5.97 Å². The Balaban J connectivity index is 2.38. The number of benzene rings is 1. The summed E-state index contributed by atoms with van der Waals surface area (Å²) in [5.74, 6) is 0.532. The van der Waals surface area contributed by atoms with Gasteiger partial charge in [0.05, 0.1) is 12.5 Å². The third-order valence-electron chi connectivity index (χ3n) is 3.63. The van der Waals surface area contributed by atoms with Gasteiger partial charge in [0.15, 0.2) is 6.79 Å². The zero-order valence-electron chi connectivity index (χ0n) is 11.7. The molecule has 4 heteroatoms. The molecule has 104 valence electrons. The summed E-state index contributed by atoms with van der Waals surface area (Å²) in [6.07, 6.45) is 2.56. The lowest BCUT2D eigenvalue weighted by molar-refractivity contribution is -0.143. The predicted molar refractivity (Wildman–Crippen MR) is 71.3 cm³/mol. The van der Waals surface area contributed by atoms with Gasteiger partial charge in [0.2, 0.25) is 0 Å². The van der Waals surface area contributed by atoms with E-state index in [0.717, 1.165) is 24.8 Å². The molecular weight excluding hydrogens is 244 g/mol. The van der Waals surface area contributed by atoms with E-state index in [2.05, 4.69) is 13.0 Å². The predicted octanol–water partition coefficient (Wildman–Crippen LogP) is 2.44. The van der Waals surface area contributed by atoms with Crippen LogP contribution >= 0.6 is 0 Å². The van der Waals surface area contributed by atoms with Crippen molar-refractivity contribution in [2.24, 2.45) is 0 Å². The lowest BCUT2D eigenvalue weighted by atomic mass is 9.93. The summed E-state index contributed by atoms with van der Waals surface area (Å²) >= 11 is 0. The van der Waals surface area contributed by atoms with Crippen LogP contribution in [0.1, 0.15) is 30.9 Å². The van der Waals surface area contributed by atoms with E-state index < -0.39 is 5.41 Å². The van der Waals surface area contributed by atoms with E-state index in [9.17, 15) is 4.79 Å². The minimum absolute atomic E-state index is 0.176. The molecule has 2 rings (SSSR count). The molecule has 1 aliphatic carbocycles. The molecule has 1 saturated carbocycles. The Bertz CT molecular complexity index is 463. The summed E-state index contributed by atoms with van der Waals surface area (Å²) in [7, 11) is 3.01. The van der Waals surface area contributed by atoms with Gasteiger partial charge < -0.3 is 14.2 Å². The van der Waals surface area contributed by atoms with Crippen molar-refractivity contribution < 1.29 is 19.0 Å². The average Bonchev–Trinajstić information content (AvgIpc) is 3.25. The molecule has 0 atom stereocenters. The van der Waals surface area contributed by atoms with E-state index in [4.69, 9.17) is 14.2 Å². The molecule has 1 aliphatic rings. The molecule has 0 bridgehead atoms. The number of hydrogen-bond acceptors (Lipinski definition) is 4. The summed E-state index contributed by atoms with van der Waals surface area (Å²) in [6.45, 7) is 2.27. The van der Waals surface area contributed by atoms with Gasteiger partial charge in [0.1, 0.15) is 5.75 Å². The van der Waals surface area contributed by atoms with Crippen molar-refractivity contribution in [1.29, 1.82) is 0 Å². The normalized spacial score (nSPS) is 15.9. The number of ether oxygens (including phenoxy) is 3. The van der Waals surface area contributed by atoms with Gasteiger partial charge in [-0.1, -0.05) is 19.1 Å². The minimum atomic E-state index is -0.511. The van der Waals surface area contributed by atoms with Gasteiger partial charge in [-0.05, 0) is 30.9 Å². The molecule has 0 unspecified atom stereocenters. The van der Waals surface area contributed by atoms with Crippen LogP contribution in [0.15, 0.2) is 18.2 Å². The number of carbonyl (C=O) groups excluding carboxylic acids is 1. The molecule has 0 N–H and O–H groups in total. The molecule has 0 amide bonds. The van der Waals surface area contributed by atoms with Gasteiger partial charge in [0, 0.05) is 12.7 Å². The van der Waals surface area contributed by atoms with Crippen molar-refractivity contribution in [2.75, 3.05) is 21.0 Å². The van der Waals surface area contributed by atoms with Crippen molar-refractivity contribution in [2.45, 2.75) is 31.6 Å². The summed E-state index contributed by atoms with van der Waals surface area (Å²) in [5, 5.41) is 0. The molecular formula is C15H20O4. The van der Waals surface area contributed by atoms with E-state index >= 15 is 0 Å². The van der Waals surface area contributed by atoms with Crippen molar-refractivity contribution in [3.63, 3.8) is 0 Å². The van der Waals surface area contributed by atoms with Crippen LogP contribution in [-0.4, -0.2) is 27.0 Å². The maximum Gasteiger partial charge on any atom is 0.316 e. The first-order valence-corrected chi connectivity index (χ1v) is 6.51. The van der Waals surface area contributed by atoms with Crippen molar-refractivity contribution in [3.8, 4) is 5.75 Å². The Hall–Kier alpha value is -1.55. The highest BCUT2D eigenvalue weighted by atomic mass is 16.7. The summed E-state index contributed by atoms with van der Waals surface area (Å²) in [6, 6.07) is 5.98. The lowest BCUT2D eigenvalue weighted by Gasteiger charge is -2.18. The molecule has 0 aliphatic heterocycles. The summed E-state index contributed by atoms with van der Waals surface area (Å²) in [5.41, 5.74) is 1.61. The van der Waals surface area contributed by atoms with E-state index in [-0.39, 0.29) is 12.8 Å². The third kappa shape index (κ3) is 2.59. The number of hydrogen-bond donors (Lipinski definition) is 0. The fourth-order valence-corrected chi connectivity index (χ4v) is 2.32. The molecule has 0 radical (unpaired) electrons. The van der Waals surface area contributed by atoms with Crippen molar-refractivity contribution in [3.05, 3.63) is 29.3 Å². The number of methoxy groups -OCH3 is 2. The first-order chi connectivity index (χ1) is 9.17. The number of esters is 1. The fraction of sp³-hybridized carbons (Fsp3) is 0.533. The second kappa shape index (κ2) is 5.61. The molecule has 0 heterocycles. The zero-order valence-corrected chi connectivity index (χ0v) is 11.7. The van der Waals surface area contributed by atoms with Crippen LogP contribution in [0.4, 0.5) is 0 Å². The SMILES string of the molecule is CCc1ccc(OCOC)c(C2(C(=O)OC)CC2)c1. The second-order valence-corrected chi connectivity index (χ2v) is 4.81. The smallest absolute Gasteiger partial charge is 0.316 e. The Labute approximate surface area is 113 Å². The quantitative estimate of drug-likeness (QED) is 0.585. The standard InChI is InChI=1S/C15H20O4/c1-4-11-5-6-13(19-10-17-2)12(9-11)15(7-8-15)14(16)18-3/h5-6,9H,4,7-8,10H2,1-3H3. The summed E-state index contributed by atoms with van der Waals surface area (Å²) < 4.78 is 15.5. The minimum Gasteiger partial charge on any atom is -0.468 e. The number of rotatable bonds is 6. The molecule has 1 aromatic carbocycles. The van der Waals surface area contributed by atoms with Gasteiger partial charge in [-0.15, -0.1) is 0 Å². The molecule has 1 aromatic rings. The van der Waals surface area contributed by atoms with Gasteiger partial charge in [-0.2, -0.15) is 0 Å². The van der Waals surface area contributed by atoms with Crippen LogP contribution in [0, 0.1) is 0 Å².